The molecule has 94 valence electrons. The van der Waals surface area contributed by atoms with Crippen LogP contribution in [0.3, 0.4) is 0 Å². The molecule has 0 spiro atoms. The third kappa shape index (κ3) is 1.73. The SMILES string of the molecule is COC(=O)c1cc(=O)c2cc(F)c(F)c(F)c2[nH]1. The first-order valence-electron chi connectivity index (χ1n) is 4.74. The molecular weight excluding hydrogens is 251 g/mol. The van der Waals surface area contributed by atoms with Crippen LogP contribution in [0.2, 0.25) is 0 Å². The molecule has 0 unspecified atom stereocenters. The van der Waals surface area contributed by atoms with Gasteiger partial charge in [0, 0.05) is 6.07 Å². The van der Waals surface area contributed by atoms with Crippen LogP contribution >= 0.6 is 0 Å². The Hall–Kier alpha value is -2.31. The zero-order valence-corrected chi connectivity index (χ0v) is 9.01. The van der Waals surface area contributed by atoms with E-state index in [1.54, 1.807) is 0 Å². The third-order valence-electron chi connectivity index (χ3n) is 2.37. The number of hydrogen-bond acceptors (Lipinski definition) is 3. The Bertz CT molecular complexity index is 709. The fourth-order valence-electron chi connectivity index (χ4n) is 1.51. The van der Waals surface area contributed by atoms with Gasteiger partial charge in [-0.05, 0) is 6.07 Å². The molecule has 2 rings (SSSR count). The van der Waals surface area contributed by atoms with Crippen LogP contribution in [-0.4, -0.2) is 18.1 Å². The molecule has 0 aliphatic heterocycles. The fourth-order valence-corrected chi connectivity index (χ4v) is 1.51. The van der Waals surface area contributed by atoms with E-state index in [0.29, 0.717) is 6.07 Å². The summed E-state index contributed by atoms with van der Waals surface area (Å²) in [7, 11) is 1.06. The Morgan fingerprint density at radius 3 is 2.50 bits per heavy atom. The average molecular weight is 257 g/mol. The van der Waals surface area contributed by atoms with E-state index in [0.717, 1.165) is 13.2 Å². The van der Waals surface area contributed by atoms with E-state index in [-0.39, 0.29) is 11.1 Å². The molecule has 0 radical (unpaired) electrons. The summed E-state index contributed by atoms with van der Waals surface area (Å²) in [6.45, 7) is 0. The summed E-state index contributed by atoms with van der Waals surface area (Å²) in [5.74, 6) is -5.68. The Balaban J connectivity index is 2.88. The van der Waals surface area contributed by atoms with Crippen LogP contribution < -0.4 is 5.43 Å². The van der Waals surface area contributed by atoms with Gasteiger partial charge in [-0.3, -0.25) is 4.79 Å². The van der Waals surface area contributed by atoms with Gasteiger partial charge in [-0.25, -0.2) is 18.0 Å². The molecule has 1 N–H and O–H groups in total. The molecule has 0 fully saturated rings. The summed E-state index contributed by atoms with van der Waals surface area (Å²) in [6, 6.07) is 1.39. The second-order valence-electron chi connectivity index (χ2n) is 3.45. The lowest BCUT2D eigenvalue weighted by atomic mass is 10.1. The van der Waals surface area contributed by atoms with E-state index < -0.39 is 34.4 Å². The maximum absolute atomic E-state index is 13.4. The van der Waals surface area contributed by atoms with Crippen molar-refractivity contribution in [3.05, 3.63) is 45.5 Å². The Morgan fingerprint density at radius 1 is 1.22 bits per heavy atom. The highest BCUT2D eigenvalue weighted by atomic mass is 19.2. The van der Waals surface area contributed by atoms with Crippen molar-refractivity contribution >= 4 is 16.9 Å². The van der Waals surface area contributed by atoms with Crippen LogP contribution in [0.15, 0.2) is 16.9 Å². The van der Waals surface area contributed by atoms with Crippen molar-refractivity contribution < 1.29 is 22.7 Å². The number of pyridine rings is 1. The van der Waals surface area contributed by atoms with E-state index >= 15 is 0 Å². The molecule has 0 amide bonds. The highest BCUT2D eigenvalue weighted by molar-refractivity contribution is 5.91. The number of nitrogens with one attached hydrogen (secondary N) is 1. The first kappa shape index (κ1) is 12.2. The molecule has 2 aromatic rings. The van der Waals surface area contributed by atoms with Crippen molar-refractivity contribution in [3.8, 4) is 0 Å². The minimum atomic E-state index is -1.72. The topological polar surface area (TPSA) is 59.2 Å². The number of benzene rings is 1. The summed E-state index contributed by atoms with van der Waals surface area (Å²) in [5, 5.41) is -0.390. The van der Waals surface area contributed by atoms with Gasteiger partial charge in [0.05, 0.1) is 18.0 Å². The van der Waals surface area contributed by atoms with E-state index in [1.807, 2.05) is 0 Å². The number of carbonyl (C=O) groups excluding carboxylic acids is 1. The summed E-state index contributed by atoms with van der Waals surface area (Å²) in [4.78, 5) is 24.9. The molecular formula is C11H6F3NO3. The van der Waals surface area contributed by atoms with E-state index in [2.05, 4.69) is 9.72 Å². The molecule has 4 nitrogen and oxygen atoms in total. The second kappa shape index (κ2) is 4.17. The summed E-state index contributed by atoms with van der Waals surface area (Å²) in [5.41, 5.74) is -1.75. The molecule has 1 aromatic carbocycles. The average Bonchev–Trinajstić information content (AvgIpc) is 2.36. The van der Waals surface area contributed by atoms with Gasteiger partial charge in [0.1, 0.15) is 5.69 Å². The highest BCUT2D eigenvalue weighted by Gasteiger charge is 2.18. The first-order valence-corrected chi connectivity index (χ1v) is 4.74. The molecule has 18 heavy (non-hydrogen) atoms. The number of carbonyl (C=O) groups is 1. The normalized spacial score (nSPS) is 10.7. The maximum Gasteiger partial charge on any atom is 0.354 e. The molecule has 0 atom stereocenters. The molecule has 0 aliphatic rings. The Labute approximate surface area is 98.0 Å². The number of halogens is 3. The molecule has 1 aromatic heterocycles. The zero-order chi connectivity index (χ0) is 13.4. The number of esters is 1. The molecule has 0 saturated heterocycles. The lowest BCUT2D eigenvalue weighted by Gasteiger charge is -2.04. The van der Waals surface area contributed by atoms with Gasteiger partial charge in [-0.15, -0.1) is 0 Å². The lowest BCUT2D eigenvalue weighted by Crippen LogP contribution is -2.13. The smallest absolute Gasteiger partial charge is 0.354 e. The van der Waals surface area contributed by atoms with Crippen molar-refractivity contribution in [3.63, 3.8) is 0 Å². The maximum atomic E-state index is 13.4. The fraction of sp³-hybridized carbons (Fsp3) is 0.0909. The van der Waals surface area contributed by atoms with Crippen molar-refractivity contribution in [2.45, 2.75) is 0 Å². The minimum absolute atomic E-state index is 0.347. The Morgan fingerprint density at radius 2 is 1.89 bits per heavy atom. The van der Waals surface area contributed by atoms with E-state index in [4.69, 9.17) is 0 Å². The van der Waals surface area contributed by atoms with Gasteiger partial charge in [-0.1, -0.05) is 0 Å². The summed E-state index contributed by atoms with van der Waals surface area (Å²) >= 11 is 0. The van der Waals surface area contributed by atoms with Gasteiger partial charge in [0.2, 0.25) is 0 Å². The predicted molar refractivity (Wildman–Crippen MR) is 55.8 cm³/mol. The van der Waals surface area contributed by atoms with Gasteiger partial charge >= 0.3 is 5.97 Å². The van der Waals surface area contributed by atoms with Gasteiger partial charge in [0.15, 0.2) is 22.9 Å². The Kier molecular flexibility index (Phi) is 2.82. The van der Waals surface area contributed by atoms with Gasteiger partial charge in [-0.2, -0.15) is 0 Å². The minimum Gasteiger partial charge on any atom is -0.464 e. The summed E-state index contributed by atoms with van der Waals surface area (Å²) in [6.07, 6.45) is 0. The zero-order valence-electron chi connectivity index (χ0n) is 9.01. The van der Waals surface area contributed by atoms with Gasteiger partial charge in [0.25, 0.3) is 0 Å². The molecule has 7 heteroatoms. The van der Waals surface area contributed by atoms with Crippen LogP contribution in [0.5, 0.6) is 0 Å². The molecule has 0 bridgehead atoms. The monoisotopic (exact) mass is 257 g/mol. The van der Waals surface area contributed by atoms with Gasteiger partial charge < -0.3 is 9.72 Å². The van der Waals surface area contributed by atoms with E-state index in [1.165, 1.54) is 0 Å². The molecule has 0 saturated carbocycles. The third-order valence-corrected chi connectivity index (χ3v) is 2.37. The van der Waals surface area contributed by atoms with Crippen molar-refractivity contribution in [1.29, 1.82) is 0 Å². The quantitative estimate of drug-likeness (QED) is 0.625. The van der Waals surface area contributed by atoms with Crippen LogP contribution in [0.25, 0.3) is 10.9 Å². The van der Waals surface area contributed by atoms with E-state index in [9.17, 15) is 22.8 Å². The van der Waals surface area contributed by atoms with Crippen LogP contribution in [0, 0.1) is 17.5 Å². The number of H-pyrrole nitrogens is 1. The first-order chi connectivity index (χ1) is 8.45. The van der Waals surface area contributed by atoms with Crippen molar-refractivity contribution in [1.82, 2.24) is 4.98 Å². The van der Waals surface area contributed by atoms with Crippen LogP contribution in [-0.2, 0) is 4.74 Å². The number of ether oxygens (including phenoxy) is 1. The van der Waals surface area contributed by atoms with Crippen molar-refractivity contribution in [2.24, 2.45) is 0 Å². The number of rotatable bonds is 1. The number of fused-ring (bicyclic) bond motifs is 1. The van der Waals surface area contributed by atoms with Crippen molar-refractivity contribution in [2.75, 3.05) is 7.11 Å². The lowest BCUT2D eigenvalue weighted by molar-refractivity contribution is 0.0594. The van der Waals surface area contributed by atoms with Crippen LogP contribution in [0.4, 0.5) is 13.2 Å². The summed E-state index contributed by atoms with van der Waals surface area (Å²) < 4.78 is 43.8. The predicted octanol–water partition coefficient (Wildman–Crippen LogP) is 1.73. The highest BCUT2D eigenvalue weighted by Crippen LogP contribution is 2.19. The number of methoxy groups -OCH3 is 1. The molecule has 0 aliphatic carbocycles. The largest absolute Gasteiger partial charge is 0.464 e. The molecule has 1 heterocycles. The number of aromatic nitrogens is 1. The van der Waals surface area contributed by atoms with Crippen LogP contribution in [0.1, 0.15) is 10.5 Å². The number of aromatic amines is 1. The number of hydrogen-bond donors (Lipinski definition) is 1. The second-order valence-corrected chi connectivity index (χ2v) is 3.45. The standard InChI is InChI=1S/C11H6F3NO3/c1-18-11(17)6-3-7(16)4-2-5(12)8(13)9(14)10(4)15-6/h2-3H,1H3,(H,15,16).